The lowest BCUT2D eigenvalue weighted by Crippen LogP contribution is -1.91. The van der Waals surface area contributed by atoms with Crippen LogP contribution in [0.2, 0.25) is 0 Å². The molecule has 0 bridgehead atoms. The van der Waals surface area contributed by atoms with E-state index in [1.54, 1.807) is 6.20 Å². The zero-order valence-corrected chi connectivity index (χ0v) is 19.2. The fourth-order valence-corrected chi connectivity index (χ4v) is 3.23. The fourth-order valence-electron chi connectivity index (χ4n) is 3.23. The molecule has 0 aliphatic rings. The summed E-state index contributed by atoms with van der Waals surface area (Å²) in [4.78, 5) is 13.4. The Morgan fingerprint density at radius 2 is 1.00 bits per heavy atom. The maximum absolute atomic E-state index is 4.51. The van der Waals surface area contributed by atoms with Crippen molar-refractivity contribution < 1.29 is 0 Å². The summed E-state index contributed by atoms with van der Waals surface area (Å²) in [6, 6.07) is 12.1. The largest absolute Gasteiger partial charge is 0.260 e. The molecule has 3 nitrogen and oxygen atoms in total. The van der Waals surface area contributed by atoms with Crippen LogP contribution in [0.4, 0.5) is 0 Å². The molecule has 0 atom stereocenters. The normalized spacial score (nSPS) is 10.1. The summed E-state index contributed by atoms with van der Waals surface area (Å²) >= 11 is 0. The number of rotatable bonds is 8. The van der Waals surface area contributed by atoms with Gasteiger partial charge in [0.1, 0.15) is 5.69 Å². The number of pyridine rings is 3. The predicted molar refractivity (Wildman–Crippen MR) is 131 cm³/mol. The summed E-state index contributed by atoms with van der Waals surface area (Å²) < 4.78 is 0. The minimum atomic E-state index is 0.723. The van der Waals surface area contributed by atoms with Crippen molar-refractivity contribution in [2.45, 2.75) is 65.2 Å². The lowest BCUT2D eigenvalue weighted by Gasteiger charge is -1.99. The molecule has 3 heterocycles. The van der Waals surface area contributed by atoms with E-state index in [0.717, 1.165) is 46.6 Å². The van der Waals surface area contributed by atoms with Crippen LogP contribution in [-0.2, 0) is 12.8 Å². The maximum Gasteiger partial charge on any atom is 0.113 e. The van der Waals surface area contributed by atoms with E-state index in [2.05, 4.69) is 64.6 Å². The van der Waals surface area contributed by atoms with Gasteiger partial charge in [-0.05, 0) is 68.0 Å². The highest BCUT2D eigenvalue weighted by atomic mass is 14.7. The molecule has 0 radical (unpaired) electrons. The third-order valence-corrected chi connectivity index (χ3v) is 5.17. The average molecular weight is 422 g/mol. The van der Waals surface area contributed by atoms with Gasteiger partial charge in [-0.3, -0.25) is 9.97 Å². The third-order valence-electron chi connectivity index (χ3n) is 5.17. The zero-order valence-electron chi connectivity index (χ0n) is 19.2. The van der Waals surface area contributed by atoms with Crippen LogP contribution >= 0.6 is 0 Å². The molecule has 0 unspecified atom stereocenters. The average Bonchev–Trinajstić information content (AvgIpc) is 2.84. The van der Waals surface area contributed by atoms with Gasteiger partial charge in [0, 0.05) is 46.7 Å². The summed E-state index contributed by atoms with van der Waals surface area (Å²) in [6.45, 7) is 4.43. The quantitative estimate of drug-likeness (QED) is 0.324. The van der Waals surface area contributed by atoms with Crippen molar-refractivity contribution in [3.8, 4) is 23.7 Å². The van der Waals surface area contributed by atoms with Crippen molar-refractivity contribution in [3.05, 3.63) is 88.8 Å². The third kappa shape index (κ3) is 8.01. The predicted octanol–water partition coefficient (Wildman–Crippen LogP) is 6.14. The van der Waals surface area contributed by atoms with E-state index < -0.39 is 0 Å². The Balaban J connectivity index is 1.55. The second-order valence-electron chi connectivity index (χ2n) is 7.92. The molecular weight excluding hydrogens is 390 g/mol. The minimum absolute atomic E-state index is 0.723. The molecule has 0 fully saturated rings. The monoisotopic (exact) mass is 421 g/mol. The minimum Gasteiger partial charge on any atom is -0.260 e. The number of hydrogen-bond acceptors (Lipinski definition) is 3. The van der Waals surface area contributed by atoms with Gasteiger partial charge < -0.3 is 0 Å². The lowest BCUT2D eigenvalue weighted by molar-refractivity contribution is 0.707. The van der Waals surface area contributed by atoms with Crippen LogP contribution in [0.1, 0.15) is 86.1 Å². The Bertz CT molecular complexity index is 984. The number of hydrogen-bond donors (Lipinski definition) is 0. The molecule has 0 saturated heterocycles. The van der Waals surface area contributed by atoms with Crippen LogP contribution in [0.25, 0.3) is 0 Å². The second-order valence-corrected chi connectivity index (χ2v) is 7.92. The zero-order chi connectivity index (χ0) is 22.4. The molecule has 162 valence electrons. The summed E-state index contributed by atoms with van der Waals surface area (Å²) in [5.74, 6) is 12.5. The van der Waals surface area contributed by atoms with Crippen molar-refractivity contribution in [1.82, 2.24) is 15.0 Å². The second kappa shape index (κ2) is 13.1. The van der Waals surface area contributed by atoms with Gasteiger partial charge in [0.2, 0.25) is 0 Å². The van der Waals surface area contributed by atoms with Crippen molar-refractivity contribution in [2.24, 2.45) is 0 Å². The fraction of sp³-hybridized carbons (Fsp3) is 0.345. The molecule has 3 rings (SSSR count). The topological polar surface area (TPSA) is 38.7 Å². The van der Waals surface area contributed by atoms with Gasteiger partial charge in [-0.1, -0.05) is 57.3 Å². The molecule has 3 aromatic rings. The number of nitrogens with zero attached hydrogens (tertiary/aromatic N) is 3. The van der Waals surface area contributed by atoms with Gasteiger partial charge in [0.25, 0.3) is 0 Å². The molecule has 0 amide bonds. The van der Waals surface area contributed by atoms with Gasteiger partial charge in [-0.25, -0.2) is 4.98 Å². The van der Waals surface area contributed by atoms with Gasteiger partial charge in [0.15, 0.2) is 0 Å². The Morgan fingerprint density at radius 1 is 0.531 bits per heavy atom. The standard InChI is InChI=1S/C29H31N3/c1-3-5-7-9-27-17-13-24(21-30-27)11-12-25-15-19-29(32-22-25)20-16-26-14-18-28(31-23-26)10-8-6-4-2/h13-15,17-19,21-23H,3-10H2,1-2H3. The molecule has 3 aromatic heterocycles. The molecule has 0 saturated carbocycles. The molecule has 0 aromatic carbocycles. The Hall–Kier alpha value is -3.43. The Kier molecular flexibility index (Phi) is 9.50. The van der Waals surface area contributed by atoms with Crippen LogP contribution in [0.5, 0.6) is 0 Å². The van der Waals surface area contributed by atoms with E-state index in [9.17, 15) is 0 Å². The van der Waals surface area contributed by atoms with Gasteiger partial charge in [-0.2, -0.15) is 0 Å². The van der Waals surface area contributed by atoms with E-state index in [4.69, 9.17) is 0 Å². The Morgan fingerprint density at radius 3 is 1.41 bits per heavy atom. The summed E-state index contributed by atoms with van der Waals surface area (Å²) in [5.41, 5.74) is 5.67. The molecule has 0 N–H and O–H groups in total. The summed E-state index contributed by atoms with van der Waals surface area (Å²) in [7, 11) is 0. The van der Waals surface area contributed by atoms with Gasteiger partial charge in [-0.15, -0.1) is 0 Å². The molecular formula is C29H31N3. The summed E-state index contributed by atoms with van der Waals surface area (Å²) in [5, 5.41) is 0. The van der Waals surface area contributed by atoms with Crippen molar-refractivity contribution in [2.75, 3.05) is 0 Å². The molecule has 32 heavy (non-hydrogen) atoms. The highest BCUT2D eigenvalue weighted by molar-refractivity contribution is 5.44. The molecule has 3 heteroatoms. The highest BCUT2D eigenvalue weighted by Gasteiger charge is 1.97. The lowest BCUT2D eigenvalue weighted by atomic mass is 10.1. The van der Waals surface area contributed by atoms with Crippen molar-refractivity contribution in [1.29, 1.82) is 0 Å². The van der Waals surface area contributed by atoms with Gasteiger partial charge in [0.05, 0.1) is 0 Å². The number of unbranched alkanes of at least 4 members (excludes halogenated alkanes) is 4. The van der Waals surface area contributed by atoms with Crippen LogP contribution in [-0.4, -0.2) is 15.0 Å². The van der Waals surface area contributed by atoms with Crippen molar-refractivity contribution in [3.63, 3.8) is 0 Å². The first-order valence-corrected chi connectivity index (χ1v) is 11.7. The first-order valence-electron chi connectivity index (χ1n) is 11.7. The Labute approximate surface area is 192 Å². The highest BCUT2D eigenvalue weighted by Crippen LogP contribution is 2.07. The van der Waals surface area contributed by atoms with E-state index in [1.807, 2.05) is 36.7 Å². The maximum atomic E-state index is 4.51. The van der Waals surface area contributed by atoms with E-state index >= 15 is 0 Å². The molecule has 0 aliphatic heterocycles. The smallest absolute Gasteiger partial charge is 0.113 e. The SMILES string of the molecule is CCCCCc1ccc(C#Cc2ccc(C#Cc3ccc(CCCCC)nc3)nc2)cn1. The summed E-state index contributed by atoms with van der Waals surface area (Å²) in [6.07, 6.45) is 14.9. The van der Waals surface area contributed by atoms with Crippen LogP contribution in [0.3, 0.4) is 0 Å². The van der Waals surface area contributed by atoms with E-state index in [1.165, 1.54) is 38.5 Å². The number of aromatic nitrogens is 3. The van der Waals surface area contributed by atoms with Crippen LogP contribution in [0.15, 0.2) is 55.0 Å². The molecule has 0 spiro atoms. The van der Waals surface area contributed by atoms with E-state index in [0.29, 0.717) is 0 Å². The number of aryl methyl sites for hydroxylation is 2. The molecule has 0 aliphatic carbocycles. The van der Waals surface area contributed by atoms with Crippen molar-refractivity contribution >= 4 is 0 Å². The van der Waals surface area contributed by atoms with Gasteiger partial charge >= 0.3 is 0 Å². The van der Waals surface area contributed by atoms with Crippen LogP contribution < -0.4 is 0 Å². The van der Waals surface area contributed by atoms with E-state index in [-0.39, 0.29) is 0 Å². The first kappa shape index (κ1) is 23.2. The van der Waals surface area contributed by atoms with Crippen LogP contribution in [0, 0.1) is 23.7 Å². The first-order chi connectivity index (χ1) is 15.8.